The topological polar surface area (TPSA) is 88.4 Å². The Bertz CT molecular complexity index is 1110. The Kier molecular flexibility index (Phi) is 4.92. The van der Waals surface area contributed by atoms with E-state index in [2.05, 4.69) is 20.6 Å². The normalized spacial score (nSPS) is 15.1. The second-order valence-corrected chi connectivity index (χ2v) is 7.22. The highest BCUT2D eigenvalue weighted by Crippen LogP contribution is 2.40. The highest BCUT2D eigenvalue weighted by Gasteiger charge is 2.50. The summed E-state index contributed by atoms with van der Waals surface area (Å²) in [6, 6.07) is 8.14. The van der Waals surface area contributed by atoms with Crippen LogP contribution in [0.15, 0.2) is 42.7 Å². The average molecular weight is 417 g/mol. The van der Waals surface area contributed by atoms with Gasteiger partial charge in [-0.25, -0.2) is 9.97 Å². The number of nitrogens with one attached hydrogen (secondary N) is 2. The highest BCUT2D eigenvalue weighted by molar-refractivity contribution is 6.04. The van der Waals surface area contributed by atoms with Crippen LogP contribution >= 0.6 is 0 Å². The van der Waals surface area contributed by atoms with Crippen LogP contribution in [-0.4, -0.2) is 38.4 Å². The number of amides is 2. The molecule has 1 aliphatic rings. The van der Waals surface area contributed by atoms with Crippen LogP contribution in [0.5, 0.6) is 0 Å². The van der Waals surface area contributed by atoms with Crippen molar-refractivity contribution in [3.8, 4) is 0 Å². The maximum absolute atomic E-state index is 13.3. The molecule has 1 aliphatic carbocycles. The van der Waals surface area contributed by atoms with E-state index in [0.29, 0.717) is 24.1 Å². The van der Waals surface area contributed by atoms with E-state index in [0.717, 1.165) is 0 Å². The lowest BCUT2D eigenvalue weighted by Crippen LogP contribution is -2.47. The predicted octanol–water partition coefficient (Wildman–Crippen LogP) is 3.36. The molecule has 7 nitrogen and oxygen atoms in total. The van der Waals surface area contributed by atoms with Crippen LogP contribution in [0.4, 0.5) is 19.0 Å². The lowest BCUT2D eigenvalue weighted by atomic mass is 10.1. The molecule has 1 unspecified atom stereocenters. The lowest BCUT2D eigenvalue weighted by Gasteiger charge is -2.20. The number of fused-ring (bicyclic) bond motifs is 1. The summed E-state index contributed by atoms with van der Waals surface area (Å²) in [6.45, 7) is 1.71. The maximum atomic E-state index is 13.3. The number of carbonyl (C=O) groups excluding carboxylic acids is 2. The number of nitrogens with zero attached hydrogens (tertiary/aromatic N) is 3. The van der Waals surface area contributed by atoms with Crippen LogP contribution < -0.4 is 10.6 Å². The molecule has 0 radical (unpaired) electrons. The van der Waals surface area contributed by atoms with Gasteiger partial charge in [-0.2, -0.15) is 13.2 Å². The Labute approximate surface area is 169 Å². The summed E-state index contributed by atoms with van der Waals surface area (Å²) >= 11 is 0. The molecule has 2 N–H and O–H groups in total. The van der Waals surface area contributed by atoms with Crippen molar-refractivity contribution in [3.05, 3.63) is 59.7 Å². The molecule has 1 saturated carbocycles. The van der Waals surface area contributed by atoms with E-state index in [4.69, 9.17) is 0 Å². The second-order valence-electron chi connectivity index (χ2n) is 7.22. The molecule has 2 heterocycles. The van der Waals surface area contributed by atoms with Crippen LogP contribution in [0.1, 0.15) is 39.4 Å². The fourth-order valence-corrected chi connectivity index (χ4v) is 3.23. The minimum Gasteiger partial charge on any atom is -0.339 e. The number of anilines is 1. The Hall–Kier alpha value is -3.43. The van der Waals surface area contributed by atoms with Crippen molar-refractivity contribution in [1.29, 1.82) is 0 Å². The minimum absolute atomic E-state index is 0.0626. The molecule has 3 aromatic rings. The largest absolute Gasteiger partial charge is 0.408 e. The minimum atomic E-state index is -4.54. The van der Waals surface area contributed by atoms with Gasteiger partial charge in [-0.1, -0.05) is 18.2 Å². The van der Waals surface area contributed by atoms with Crippen molar-refractivity contribution < 1.29 is 22.8 Å². The quantitative estimate of drug-likeness (QED) is 0.666. The summed E-state index contributed by atoms with van der Waals surface area (Å²) in [5, 5.41) is 4.69. The number of hydrogen-bond donors (Lipinski definition) is 2. The van der Waals surface area contributed by atoms with Crippen LogP contribution in [0.25, 0.3) is 5.65 Å². The van der Waals surface area contributed by atoms with Gasteiger partial charge < -0.3 is 10.6 Å². The fraction of sp³-hybridized carbons (Fsp3) is 0.300. The highest BCUT2D eigenvalue weighted by atomic mass is 19.4. The molecule has 10 heteroatoms. The number of halogens is 3. The molecular formula is C20H18F3N5O2. The van der Waals surface area contributed by atoms with Crippen molar-refractivity contribution in [2.24, 2.45) is 5.92 Å². The number of aromatic nitrogens is 3. The van der Waals surface area contributed by atoms with Gasteiger partial charge >= 0.3 is 6.18 Å². The van der Waals surface area contributed by atoms with Crippen LogP contribution in [0, 0.1) is 12.8 Å². The van der Waals surface area contributed by atoms with Gasteiger partial charge in [-0.3, -0.25) is 14.0 Å². The van der Waals surface area contributed by atoms with E-state index >= 15 is 0 Å². The first kappa shape index (κ1) is 19.9. The van der Waals surface area contributed by atoms with Crippen molar-refractivity contribution in [1.82, 2.24) is 19.7 Å². The standard InChI is InChI=1S/C20H18F3N5O2/c1-11-9-14(26-18(29)13-5-3-2-4-6-13)25-17-15(24-10-28(11)17)19(30)27-16(12-7-8-12)20(21,22)23/h2-6,9-10,12,16H,7-8H2,1H3,(H,27,30)(H,25,26,29). The van der Waals surface area contributed by atoms with Gasteiger partial charge in [0.1, 0.15) is 18.2 Å². The first-order valence-corrected chi connectivity index (χ1v) is 9.32. The van der Waals surface area contributed by atoms with Crippen molar-refractivity contribution in [2.45, 2.75) is 32.0 Å². The Balaban J connectivity index is 1.62. The Morgan fingerprint density at radius 3 is 2.50 bits per heavy atom. The zero-order chi connectivity index (χ0) is 21.5. The number of carbonyl (C=O) groups is 2. The smallest absolute Gasteiger partial charge is 0.339 e. The molecule has 156 valence electrons. The van der Waals surface area contributed by atoms with E-state index in [1.165, 1.54) is 10.7 Å². The average Bonchev–Trinajstić information content (AvgIpc) is 3.44. The summed E-state index contributed by atoms with van der Waals surface area (Å²) in [6.07, 6.45) is -2.39. The molecule has 4 rings (SSSR count). The molecule has 0 bridgehead atoms. The molecule has 30 heavy (non-hydrogen) atoms. The van der Waals surface area contributed by atoms with Crippen molar-refractivity contribution in [3.63, 3.8) is 0 Å². The van der Waals surface area contributed by atoms with Gasteiger partial charge in [0.05, 0.1) is 0 Å². The summed E-state index contributed by atoms with van der Waals surface area (Å²) in [5.41, 5.74) is 0.849. The fourth-order valence-electron chi connectivity index (χ4n) is 3.23. The van der Waals surface area contributed by atoms with E-state index < -0.39 is 30.0 Å². The molecule has 2 aromatic heterocycles. The zero-order valence-corrected chi connectivity index (χ0v) is 15.9. The maximum Gasteiger partial charge on any atom is 0.408 e. The molecule has 0 aliphatic heterocycles. The molecule has 2 amide bonds. The van der Waals surface area contributed by atoms with Crippen LogP contribution in [-0.2, 0) is 0 Å². The number of aryl methyl sites for hydroxylation is 1. The second kappa shape index (κ2) is 7.43. The lowest BCUT2D eigenvalue weighted by molar-refractivity contribution is -0.158. The molecule has 0 saturated heterocycles. The number of rotatable bonds is 5. The van der Waals surface area contributed by atoms with Crippen LogP contribution in [0.2, 0.25) is 0 Å². The molecule has 0 spiro atoms. The number of alkyl halides is 3. The van der Waals surface area contributed by atoms with Gasteiger partial charge in [0.25, 0.3) is 11.8 Å². The van der Waals surface area contributed by atoms with E-state index in [-0.39, 0.29) is 17.2 Å². The third-order valence-electron chi connectivity index (χ3n) is 4.92. The van der Waals surface area contributed by atoms with Gasteiger partial charge in [0.2, 0.25) is 0 Å². The van der Waals surface area contributed by atoms with Crippen molar-refractivity contribution in [2.75, 3.05) is 5.32 Å². The van der Waals surface area contributed by atoms with E-state index in [9.17, 15) is 22.8 Å². The first-order chi connectivity index (χ1) is 14.2. The van der Waals surface area contributed by atoms with Crippen LogP contribution in [0.3, 0.4) is 0 Å². The Morgan fingerprint density at radius 1 is 1.17 bits per heavy atom. The van der Waals surface area contributed by atoms with Gasteiger partial charge in [-0.05, 0) is 37.8 Å². The van der Waals surface area contributed by atoms with Crippen molar-refractivity contribution >= 4 is 23.3 Å². The van der Waals surface area contributed by atoms with Gasteiger partial charge in [-0.15, -0.1) is 0 Å². The Morgan fingerprint density at radius 2 is 1.87 bits per heavy atom. The first-order valence-electron chi connectivity index (χ1n) is 9.32. The number of imidazole rings is 1. The molecule has 1 aromatic carbocycles. The predicted molar refractivity (Wildman–Crippen MR) is 102 cm³/mol. The summed E-state index contributed by atoms with van der Waals surface area (Å²) in [5.74, 6) is -1.80. The summed E-state index contributed by atoms with van der Waals surface area (Å²) < 4.78 is 41.2. The van der Waals surface area contributed by atoms with E-state index in [1.807, 2.05) is 0 Å². The molecule has 1 atom stereocenters. The summed E-state index contributed by atoms with van der Waals surface area (Å²) in [7, 11) is 0. The van der Waals surface area contributed by atoms with E-state index in [1.54, 1.807) is 43.3 Å². The van der Waals surface area contributed by atoms with Gasteiger partial charge in [0, 0.05) is 17.3 Å². The monoisotopic (exact) mass is 417 g/mol. The number of benzene rings is 1. The third kappa shape index (κ3) is 3.98. The van der Waals surface area contributed by atoms with Gasteiger partial charge in [0.15, 0.2) is 11.3 Å². The third-order valence-corrected chi connectivity index (χ3v) is 4.92. The molecule has 1 fully saturated rings. The molecular weight excluding hydrogens is 399 g/mol. The zero-order valence-electron chi connectivity index (χ0n) is 15.9. The number of hydrogen-bond acceptors (Lipinski definition) is 4. The summed E-state index contributed by atoms with van der Waals surface area (Å²) in [4.78, 5) is 33.1. The SMILES string of the molecule is Cc1cc(NC(=O)c2ccccc2)nc2c(C(=O)NC(C3CC3)C(F)(F)F)ncn12.